The second kappa shape index (κ2) is 65.5. The first-order valence-electron chi connectivity index (χ1n) is 36.3. The molecule has 7 atom stereocenters. The van der Waals surface area contributed by atoms with Crippen molar-refractivity contribution in [2.45, 2.75) is 352 Å². The molecule has 0 bridgehead atoms. The molecule has 0 aromatic rings. The third-order valence-corrected chi connectivity index (χ3v) is 16.5. The normalized spacial score (nSPS) is 18.7. The van der Waals surface area contributed by atoms with Crippen molar-refractivity contribution in [1.29, 1.82) is 0 Å². The quantitative estimate of drug-likeness (QED) is 0.0261. The van der Waals surface area contributed by atoms with Crippen molar-refractivity contribution in [3.63, 3.8) is 0 Å². The molecule has 0 spiro atoms. The van der Waals surface area contributed by atoms with Gasteiger partial charge >= 0.3 is 0 Å². The number of hydrogen-bond acceptors (Lipinski definition) is 8. The molecule has 1 amide bonds. The standard InChI is InChI=1S/C78H135NO8/c1-3-5-7-9-11-13-15-17-19-21-23-25-27-29-31-33-35-36-38-40-42-44-46-48-50-52-54-56-58-60-62-64-66-68-74(82)79-71(70-86-78-77(85)76(84)75(83)73(69-80)87-78)72(81)67-65-63-61-59-57-55-53-51-49-47-45-43-41-39-37-34-32-30-28-26-24-22-20-18-16-14-12-10-8-6-4-2/h5,7,11,13,17,19,23,25,29,31,35-36,40,42,49,51,57,59,65,67,71-73,75-78,80-81,83-85H,3-4,6,8-10,12,14-16,18,20-22,24,26-28,30,32-34,37-39,41,43-48,50,52-56,58,60-64,66,68-70H2,1-2H3,(H,79,82)/b7-5-,13-11-,19-17-,25-23-,31-29-,36-35-,42-40-,51-49+,59-57+,67-65+. The average molecular weight is 1210 g/mol. The van der Waals surface area contributed by atoms with E-state index in [1.165, 1.54) is 186 Å². The number of rotatable bonds is 62. The van der Waals surface area contributed by atoms with E-state index in [1.807, 2.05) is 6.08 Å². The van der Waals surface area contributed by atoms with E-state index in [2.05, 4.69) is 129 Å². The zero-order valence-electron chi connectivity index (χ0n) is 56.0. The number of carbonyl (C=O) groups excluding carboxylic acids is 1. The maximum atomic E-state index is 13.1. The molecule has 1 rings (SSSR count). The highest BCUT2D eigenvalue weighted by atomic mass is 16.7. The fourth-order valence-electron chi connectivity index (χ4n) is 10.9. The van der Waals surface area contributed by atoms with E-state index in [0.29, 0.717) is 6.42 Å². The maximum absolute atomic E-state index is 13.1. The molecule has 9 nitrogen and oxygen atoms in total. The third kappa shape index (κ3) is 54.1. The highest BCUT2D eigenvalue weighted by Crippen LogP contribution is 2.23. The van der Waals surface area contributed by atoms with Crippen LogP contribution >= 0.6 is 0 Å². The van der Waals surface area contributed by atoms with Crippen LogP contribution in [0.25, 0.3) is 0 Å². The van der Waals surface area contributed by atoms with Crippen LogP contribution in [0.4, 0.5) is 0 Å². The summed E-state index contributed by atoms with van der Waals surface area (Å²) in [7, 11) is 0. The first kappa shape index (κ1) is 81.6. The van der Waals surface area contributed by atoms with Crippen molar-refractivity contribution >= 4 is 5.91 Å². The Hall–Kier alpha value is -3.41. The molecule has 0 aliphatic carbocycles. The van der Waals surface area contributed by atoms with E-state index in [4.69, 9.17) is 9.47 Å². The van der Waals surface area contributed by atoms with Crippen molar-refractivity contribution in [1.82, 2.24) is 5.32 Å². The van der Waals surface area contributed by atoms with E-state index in [9.17, 15) is 30.3 Å². The van der Waals surface area contributed by atoms with Crippen LogP contribution in [0.1, 0.15) is 309 Å². The van der Waals surface area contributed by atoms with E-state index in [0.717, 1.165) is 103 Å². The maximum Gasteiger partial charge on any atom is 0.220 e. The minimum atomic E-state index is -1.58. The molecule has 1 fully saturated rings. The molecule has 500 valence electrons. The predicted molar refractivity (Wildman–Crippen MR) is 373 cm³/mol. The van der Waals surface area contributed by atoms with Crippen molar-refractivity contribution in [2.24, 2.45) is 0 Å². The van der Waals surface area contributed by atoms with Crippen molar-refractivity contribution in [3.8, 4) is 0 Å². The molecule has 0 radical (unpaired) electrons. The largest absolute Gasteiger partial charge is 0.394 e. The molecular formula is C78H135NO8. The van der Waals surface area contributed by atoms with Gasteiger partial charge in [0.1, 0.15) is 24.4 Å². The first-order chi connectivity index (χ1) is 42.8. The number of aliphatic hydroxyl groups excluding tert-OH is 5. The summed E-state index contributed by atoms with van der Waals surface area (Å²) in [6.45, 7) is 3.67. The van der Waals surface area contributed by atoms with Crippen LogP contribution in [0.5, 0.6) is 0 Å². The van der Waals surface area contributed by atoms with Gasteiger partial charge in [0, 0.05) is 6.42 Å². The van der Waals surface area contributed by atoms with E-state index < -0.39 is 49.5 Å². The van der Waals surface area contributed by atoms with Gasteiger partial charge in [-0.05, 0) is 103 Å². The van der Waals surface area contributed by atoms with Crippen LogP contribution in [0, 0.1) is 0 Å². The molecule has 6 N–H and O–H groups in total. The Bertz CT molecular complexity index is 1790. The van der Waals surface area contributed by atoms with Crippen LogP contribution in [-0.2, 0) is 14.3 Å². The second-order valence-corrected chi connectivity index (χ2v) is 24.6. The summed E-state index contributed by atoms with van der Waals surface area (Å²) in [5, 5.41) is 54.8. The summed E-state index contributed by atoms with van der Waals surface area (Å²) in [5.74, 6) is -0.196. The lowest BCUT2D eigenvalue weighted by Crippen LogP contribution is -2.60. The minimum Gasteiger partial charge on any atom is -0.394 e. The van der Waals surface area contributed by atoms with E-state index in [1.54, 1.807) is 6.08 Å². The molecule has 87 heavy (non-hydrogen) atoms. The Morgan fingerprint density at radius 3 is 1.10 bits per heavy atom. The Balaban J connectivity index is 2.17. The number of allylic oxidation sites excluding steroid dienone is 19. The van der Waals surface area contributed by atoms with Crippen LogP contribution in [0.2, 0.25) is 0 Å². The first-order valence-corrected chi connectivity index (χ1v) is 36.3. The molecule has 1 aliphatic heterocycles. The van der Waals surface area contributed by atoms with Crippen molar-refractivity contribution in [3.05, 3.63) is 122 Å². The zero-order chi connectivity index (χ0) is 62.8. The van der Waals surface area contributed by atoms with E-state index in [-0.39, 0.29) is 12.5 Å². The molecule has 1 aliphatic rings. The van der Waals surface area contributed by atoms with Gasteiger partial charge in [0.05, 0.1) is 25.4 Å². The summed E-state index contributed by atoms with van der Waals surface area (Å²) < 4.78 is 11.3. The van der Waals surface area contributed by atoms with Crippen LogP contribution in [-0.4, -0.2) is 87.5 Å². The minimum absolute atomic E-state index is 0.196. The number of unbranched alkanes of at least 4 members (excludes halogenated alkanes) is 34. The molecule has 0 saturated carbocycles. The van der Waals surface area contributed by atoms with Crippen LogP contribution < -0.4 is 5.32 Å². The fraction of sp³-hybridized carbons (Fsp3) is 0.731. The molecule has 7 unspecified atom stereocenters. The highest BCUT2D eigenvalue weighted by molar-refractivity contribution is 5.76. The Labute approximate surface area is 535 Å². The molecule has 0 aromatic carbocycles. The van der Waals surface area contributed by atoms with Gasteiger partial charge in [0.15, 0.2) is 6.29 Å². The van der Waals surface area contributed by atoms with Gasteiger partial charge in [-0.2, -0.15) is 0 Å². The summed E-state index contributed by atoms with van der Waals surface area (Å²) in [6.07, 6.45) is 91.7. The topological polar surface area (TPSA) is 149 Å². The van der Waals surface area contributed by atoms with Crippen LogP contribution in [0.15, 0.2) is 122 Å². The molecule has 1 saturated heterocycles. The van der Waals surface area contributed by atoms with Gasteiger partial charge in [-0.1, -0.05) is 322 Å². The van der Waals surface area contributed by atoms with Gasteiger partial charge < -0.3 is 40.3 Å². The lowest BCUT2D eigenvalue weighted by molar-refractivity contribution is -0.302. The van der Waals surface area contributed by atoms with Crippen LogP contribution in [0.3, 0.4) is 0 Å². The second-order valence-electron chi connectivity index (χ2n) is 24.6. The molecule has 1 heterocycles. The van der Waals surface area contributed by atoms with Crippen molar-refractivity contribution in [2.75, 3.05) is 13.2 Å². The highest BCUT2D eigenvalue weighted by Gasteiger charge is 2.44. The summed E-state index contributed by atoms with van der Waals surface area (Å²) >= 11 is 0. The number of ether oxygens (including phenoxy) is 2. The number of carbonyl (C=O) groups is 1. The van der Waals surface area contributed by atoms with Gasteiger partial charge in [0.2, 0.25) is 5.91 Å². The fourth-order valence-corrected chi connectivity index (χ4v) is 10.9. The van der Waals surface area contributed by atoms with Gasteiger partial charge in [-0.15, -0.1) is 0 Å². The SMILES string of the molecule is CC/C=C\C/C=C\C/C=C\C/C=C\C/C=C\C/C=C\C/C=C\CCCCCCCCCCCCCC(=O)NC(COC1OC(CO)C(O)C(O)C1O)C(O)/C=C/CC/C=C/CC/C=C/CCCCCCCCCCCCCCCCCCCCCCC. The number of aliphatic hydroxyl groups is 5. The smallest absolute Gasteiger partial charge is 0.220 e. The summed E-state index contributed by atoms with van der Waals surface area (Å²) in [5.41, 5.74) is 0. The van der Waals surface area contributed by atoms with Gasteiger partial charge in [-0.25, -0.2) is 0 Å². The third-order valence-electron chi connectivity index (χ3n) is 16.5. The molecule has 0 aromatic heterocycles. The zero-order valence-corrected chi connectivity index (χ0v) is 56.0. The lowest BCUT2D eigenvalue weighted by atomic mass is 9.99. The number of nitrogens with one attached hydrogen (secondary N) is 1. The number of hydrogen-bond donors (Lipinski definition) is 6. The lowest BCUT2D eigenvalue weighted by Gasteiger charge is -2.40. The summed E-state index contributed by atoms with van der Waals surface area (Å²) in [4.78, 5) is 13.1. The monoisotopic (exact) mass is 1210 g/mol. The Morgan fingerprint density at radius 1 is 0.402 bits per heavy atom. The Morgan fingerprint density at radius 2 is 0.724 bits per heavy atom. The predicted octanol–water partition coefficient (Wildman–Crippen LogP) is 20.2. The van der Waals surface area contributed by atoms with E-state index >= 15 is 0 Å². The van der Waals surface area contributed by atoms with Gasteiger partial charge in [0.25, 0.3) is 0 Å². The summed E-state index contributed by atoms with van der Waals surface area (Å²) in [6, 6.07) is -0.840. The molecule has 9 heteroatoms. The van der Waals surface area contributed by atoms with Crippen molar-refractivity contribution < 1.29 is 39.8 Å². The Kier molecular flexibility index (Phi) is 61.5. The van der Waals surface area contributed by atoms with Gasteiger partial charge in [-0.3, -0.25) is 4.79 Å². The average Bonchev–Trinajstić information content (AvgIpc) is 3.38. The number of amides is 1. The molecular weight excluding hydrogens is 1080 g/mol.